The van der Waals surface area contributed by atoms with Crippen molar-refractivity contribution in [3.63, 3.8) is 0 Å². The molecule has 0 saturated carbocycles. The van der Waals surface area contributed by atoms with Crippen LogP contribution in [0.4, 0.5) is 4.39 Å². The summed E-state index contributed by atoms with van der Waals surface area (Å²) in [5.74, 6) is 1.15. The third-order valence-electron chi connectivity index (χ3n) is 6.96. The van der Waals surface area contributed by atoms with Crippen molar-refractivity contribution in [3.05, 3.63) is 118 Å². The molecule has 0 unspecified atom stereocenters. The lowest BCUT2D eigenvalue weighted by Gasteiger charge is -2.30. The molecule has 2 heterocycles. The summed E-state index contributed by atoms with van der Waals surface area (Å²) in [6.45, 7) is 3.62. The number of pyridine rings is 1. The predicted octanol–water partition coefficient (Wildman–Crippen LogP) is 4.91. The lowest BCUT2D eigenvalue weighted by Crippen LogP contribution is -2.34. The number of fused-ring (bicyclic) bond motifs is 1. The number of rotatable bonds is 11. The fourth-order valence-electron chi connectivity index (χ4n) is 4.89. The van der Waals surface area contributed by atoms with Crippen molar-refractivity contribution in [3.8, 4) is 5.75 Å². The molecular weight excluding hydrogens is 495 g/mol. The highest BCUT2D eigenvalue weighted by Crippen LogP contribution is 2.26. The van der Waals surface area contributed by atoms with Crippen molar-refractivity contribution in [2.75, 3.05) is 13.7 Å². The van der Waals surface area contributed by atoms with Gasteiger partial charge in [0.25, 0.3) is 5.56 Å². The summed E-state index contributed by atoms with van der Waals surface area (Å²) in [7, 11) is 1.63. The molecule has 9 heteroatoms. The highest BCUT2D eigenvalue weighted by molar-refractivity contribution is 5.80. The standard InChI is InChI=1S/C30H31FN6O2/c1-3-28(29-33-34-35-37(29)19-22-9-11-25(31)12-10-22)36(16-15-21-7-5-4-6-8-21)20-24-17-23-18-26(39-2)13-14-27(23)32-30(24)38/h4-14,17-18,28H,3,15-16,19-20H2,1-2H3,(H,32,38)/t28-/m0/s1. The first-order chi connectivity index (χ1) is 19.0. The summed E-state index contributed by atoms with van der Waals surface area (Å²) in [5.41, 5.74) is 3.39. The Hall–Kier alpha value is -4.37. The van der Waals surface area contributed by atoms with Gasteiger partial charge in [0, 0.05) is 29.6 Å². The molecule has 39 heavy (non-hydrogen) atoms. The number of nitrogens with one attached hydrogen (secondary N) is 1. The van der Waals surface area contributed by atoms with E-state index in [9.17, 15) is 9.18 Å². The first-order valence-corrected chi connectivity index (χ1v) is 13.0. The maximum absolute atomic E-state index is 13.4. The van der Waals surface area contributed by atoms with Crippen LogP contribution in [0.1, 0.15) is 41.9 Å². The summed E-state index contributed by atoms with van der Waals surface area (Å²) in [4.78, 5) is 18.4. The van der Waals surface area contributed by atoms with Gasteiger partial charge in [0.15, 0.2) is 5.82 Å². The Labute approximate surface area is 226 Å². The molecule has 0 aliphatic carbocycles. The van der Waals surface area contributed by atoms with Gasteiger partial charge in [-0.15, -0.1) is 5.10 Å². The fraction of sp³-hybridized carbons (Fsp3) is 0.267. The lowest BCUT2D eigenvalue weighted by molar-refractivity contribution is 0.172. The van der Waals surface area contributed by atoms with Crippen LogP contribution < -0.4 is 10.3 Å². The van der Waals surface area contributed by atoms with E-state index in [1.807, 2.05) is 42.5 Å². The number of nitrogens with zero attached hydrogens (tertiary/aromatic N) is 5. The molecule has 2 aromatic heterocycles. The second-order valence-electron chi connectivity index (χ2n) is 9.53. The maximum Gasteiger partial charge on any atom is 0.252 e. The number of H-pyrrole nitrogens is 1. The van der Waals surface area contributed by atoms with Crippen LogP contribution in [0.25, 0.3) is 10.9 Å². The largest absolute Gasteiger partial charge is 0.497 e. The Kier molecular flexibility index (Phi) is 8.07. The minimum atomic E-state index is -0.285. The SMILES string of the molecule is CC[C@@H](c1nnnn1Cc1ccc(F)cc1)N(CCc1ccccc1)Cc1cc2cc(OC)ccc2[nH]c1=O. The van der Waals surface area contributed by atoms with Crippen molar-refractivity contribution in [2.24, 2.45) is 0 Å². The number of hydrogen-bond acceptors (Lipinski definition) is 6. The number of tetrazole rings is 1. The molecule has 0 bridgehead atoms. The maximum atomic E-state index is 13.4. The Morgan fingerprint density at radius 3 is 2.56 bits per heavy atom. The van der Waals surface area contributed by atoms with E-state index in [1.165, 1.54) is 17.7 Å². The van der Waals surface area contributed by atoms with E-state index in [4.69, 9.17) is 4.74 Å². The zero-order chi connectivity index (χ0) is 27.2. The number of ether oxygens (including phenoxy) is 1. The molecule has 0 fully saturated rings. The topological polar surface area (TPSA) is 88.9 Å². The first-order valence-electron chi connectivity index (χ1n) is 13.0. The fourth-order valence-corrected chi connectivity index (χ4v) is 4.89. The lowest BCUT2D eigenvalue weighted by atomic mass is 10.1. The van der Waals surface area contributed by atoms with E-state index in [0.717, 1.165) is 35.1 Å². The van der Waals surface area contributed by atoms with E-state index < -0.39 is 0 Å². The number of halogens is 1. The number of aromatic nitrogens is 5. The molecule has 8 nitrogen and oxygen atoms in total. The second-order valence-corrected chi connectivity index (χ2v) is 9.53. The summed E-state index contributed by atoms with van der Waals surface area (Å²) < 4.78 is 20.6. The van der Waals surface area contributed by atoms with Crippen molar-refractivity contribution < 1.29 is 9.13 Å². The van der Waals surface area contributed by atoms with E-state index in [-0.39, 0.29) is 17.4 Å². The van der Waals surface area contributed by atoms with Gasteiger partial charge in [0.1, 0.15) is 11.6 Å². The van der Waals surface area contributed by atoms with Crippen LogP contribution in [0, 0.1) is 5.82 Å². The molecule has 0 saturated heterocycles. The Balaban J connectivity index is 1.48. The molecule has 0 spiro atoms. The number of hydrogen-bond donors (Lipinski definition) is 1. The smallest absolute Gasteiger partial charge is 0.252 e. The first kappa shape index (κ1) is 26.2. The quantitative estimate of drug-likeness (QED) is 0.263. The average Bonchev–Trinajstić information content (AvgIpc) is 3.41. The molecule has 3 aromatic carbocycles. The second kappa shape index (κ2) is 12.0. The number of methoxy groups -OCH3 is 1. The third kappa shape index (κ3) is 6.21. The van der Waals surface area contributed by atoms with Gasteiger partial charge in [-0.25, -0.2) is 9.07 Å². The highest BCUT2D eigenvalue weighted by atomic mass is 19.1. The van der Waals surface area contributed by atoms with Crippen LogP contribution in [-0.2, 0) is 19.5 Å². The Morgan fingerprint density at radius 2 is 1.82 bits per heavy atom. The molecular formula is C30H31FN6O2. The Morgan fingerprint density at radius 1 is 1.03 bits per heavy atom. The summed E-state index contributed by atoms with van der Waals surface area (Å²) in [6, 6.07) is 24.0. The van der Waals surface area contributed by atoms with Gasteiger partial charge in [0.2, 0.25) is 0 Å². The van der Waals surface area contributed by atoms with E-state index >= 15 is 0 Å². The van der Waals surface area contributed by atoms with Gasteiger partial charge in [0.05, 0.1) is 19.7 Å². The normalized spacial score (nSPS) is 12.2. The summed E-state index contributed by atoms with van der Waals surface area (Å²) >= 11 is 0. The molecule has 0 radical (unpaired) electrons. The van der Waals surface area contributed by atoms with Crippen LogP contribution in [0.5, 0.6) is 5.75 Å². The zero-order valence-electron chi connectivity index (χ0n) is 22.0. The number of benzene rings is 3. The molecule has 200 valence electrons. The van der Waals surface area contributed by atoms with E-state index in [2.05, 4.69) is 44.5 Å². The van der Waals surface area contributed by atoms with Gasteiger partial charge >= 0.3 is 0 Å². The average molecular weight is 527 g/mol. The van der Waals surface area contributed by atoms with Crippen LogP contribution in [0.15, 0.2) is 83.7 Å². The molecule has 1 N–H and O–H groups in total. The minimum absolute atomic E-state index is 0.127. The van der Waals surface area contributed by atoms with Crippen molar-refractivity contribution in [1.82, 2.24) is 30.1 Å². The third-order valence-corrected chi connectivity index (χ3v) is 6.96. The van der Waals surface area contributed by atoms with Crippen LogP contribution in [-0.4, -0.2) is 43.7 Å². The van der Waals surface area contributed by atoms with Gasteiger partial charge in [-0.3, -0.25) is 9.69 Å². The molecule has 0 aliphatic heterocycles. The molecule has 5 rings (SSSR count). The van der Waals surface area contributed by atoms with Crippen molar-refractivity contribution in [2.45, 2.75) is 38.9 Å². The summed E-state index contributed by atoms with van der Waals surface area (Å²) in [5, 5.41) is 13.5. The number of aromatic amines is 1. The van der Waals surface area contributed by atoms with Crippen LogP contribution >= 0.6 is 0 Å². The Bertz CT molecular complexity index is 1580. The van der Waals surface area contributed by atoms with Crippen LogP contribution in [0.3, 0.4) is 0 Å². The minimum Gasteiger partial charge on any atom is -0.497 e. The van der Waals surface area contributed by atoms with Crippen molar-refractivity contribution in [1.29, 1.82) is 0 Å². The molecule has 5 aromatic rings. The van der Waals surface area contributed by atoms with Gasteiger partial charge < -0.3 is 9.72 Å². The van der Waals surface area contributed by atoms with E-state index in [1.54, 1.807) is 23.9 Å². The molecule has 1 atom stereocenters. The van der Waals surface area contributed by atoms with Crippen molar-refractivity contribution >= 4 is 10.9 Å². The monoisotopic (exact) mass is 526 g/mol. The summed E-state index contributed by atoms with van der Waals surface area (Å²) in [6.07, 6.45) is 1.54. The molecule has 0 amide bonds. The highest BCUT2D eigenvalue weighted by Gasteiger charge is 2.26. The zero-order valence-corrected chi connectivity index (χ0v) is 22.0. The van der Waals surface area contributed by atoms with Gasteiger partial charge in [-0.05, 0) is 70.8 Å². The van der Waals surface area contributed by atoms with Gasteiger partial charge in [-0.1, -0.05) is 49.4 Å². The van der Waals surface area contributed by atoms with Gasteiger partial charge in [-0.2, -0.15) is 0 Å². The molecule has 0 aliphatic rings. The predicted molar refractivity (Wildman–Crippen MR) is 148 cm³/mol. The van der Waals surface area contributed by atoms with Crippen LogP contribution in [0.2, 0.25) is 0 Å². The van der Waals surface area contributed by atoms with E-state index in [0.29, 0.717) is 31.0 Å².